The van der Waals surface area contributed by atoms with Gasteiger partial charge in [-0.2, -0.15) is 4.98 Å². The maximum atomic E-state index is 14.9. The van der Waals surface area contributed by atoms with E-state index in [0.29, 0.717) is 60.2 Å². The van der Waals surface area contributed by atoms with E-state index in [4.69, 9.17) is 28.6 Å². The zero-order valence-corrected chi connectivity index (χ0v) is 39.1. The van der Waals surface area contributed by atoms with Crippen molar-refractivity contribution in [3.05, 3.63) is 60.2 Å². The molecular formula is C49H60N6O10S. The molecule has 16 nitrogen and oxygen atoms in total. The molecule has 0 spiro atoms. The largest absolute Gasteiger partial charge is 0.497 e. The lowest BCUT2D eigenvalue weighted by Gasteiger charge is -2.30. The molecule has 0 radical (unpaired) electrons. The van der Waals surface area contributed by atoms with Gasteiger partial charge in [0, 0.05) is 29.4 Å². The van der Waals surface area contributed by atoms with Crippen LogP contribution in [0.25, 0.3) is 33.5 Å². The molecule has 66 heavy (non-hydrogen) atoms. The predicted molar refractivity (Wildman–Crippen MR) is 246 cm³/mol. The summed E-state index contributed by atoms with van der Waals surface area (Å²) in [7, 11) is -2.47. The third kappa shape index (κ3) is 9.06. The fraction of sp³-hybridized carbons (Fsp3) is 0.551. The summed E-state index contributed by atoms with van der Waals surface area (Å²) in [5, 5.41) is 6.47. The molecule has 0 bridgehead atoms. The van der Waals surface area contributed by atoms with E-state index in [2.05, 4.69) is 36.1 Å². The van der Waals surface area contributed by atoms with Crippen LogP contribution in [0.15, 0.2) is 59.0 Å². The number of nitrogens with zero attached hydrogens (tertiary/aromatic N) is 3. The Bertz CT molecular complexity index is 2680. The number of fused-ring (bicyclic) bond motifs is 5. The zero-order chi connectivity index (χ0) is 46.6. The maximum absolute atomic E-state index is 14.9. The van der Waals surface area contributed by atoms with Crippen molar-refractivity contribution in [3.8, 4) is 23.0 Å². The van der Waals surface area contributed by atoms with Crippen LogP contribution >= 0.6 is 0 Å². The van der Waals surface area contributed by atoms with Crippen LogP contribution in [0.3, 0.4) is 0 Å². The van der Waals surface area contributed by atoms with Crippen molar-refractivity contribution < 1.29 is 46.2 Å². The van der Waals surface area contributed by atoms with Gasteiger partial charge in [0.1, 0.15) is 46.7 Å². The number of rotatable bonds is 9. The molecule has 4 amide bonds. The van der Waals surface area contributed by atoms with E-state index < -0.39 is 68.2 Å². The highest BCUT2D eigenvalue weighted by Crippen LogP contribution is 2.48. The monoisotopic (exact) mass is 924 g/mol. The molecule has 2 aromatic carbocycles. The normalized spacial score (nSPS) is 25.9. The average molecular weight is 925 g/mol. The van der Waals surface area contributed by atoms with Crippen molar-refractivity contribution in [2.45, 2.75) is 151 Å². The first kappa shape index (κ1) is 45.4. The van der Waals surface area contributed by atoms with E-state index in [-0.39, 0.29) is 42.4 Å². The maximum Gasteiger partial charge on any atom is 0.408 e. The number of methoxy groups -OCH3 is 1. The number of allylic oxidation sites excluding steroid dienone is 1. The van der Waals surface area contributed by atoms with Gasteiger partial charge in [-0.1, -0.05) is 70.0 Å². The molecule has 9 rings (SSSR count). The Kier molecular flexibility index (Phi) is 12.1. The summed E-state index contributed by atoms with van der Waals surface area (Å²) in [6, 6.07) is 11.2. The minimum absolute atomic E-state index is 0.0272. The average Bonchev–Trinajstić information content (AvgIpc) is 3.95. The molecule has 4 fully saturated rings. The van der Waals surface area contributed by atoms with E-state index in [1.54, 1.807) is 20.1 Å². The van der Waals surface area contributed by atoms with Crippen LogP contribution in [0.4, 0.5) is 4.79 Å². The molecule has 3 saturated carbocycles. The topological polar surface area (TPSA) is 208 Å². The first-order chi connectivity index (χ1) is 31.5. The summed E-state index contributed by atoms with van der Waals surface area (Å²) in [6.07, 6.45) is 9.62. The summed E-state index contributed by atoms with van der Waals surface area (Å²) in [5.41, 5.74) is 1.47. The van der Waals surface area contributed by atoms with Crippen molar-refractivity contribution in [2.24, 2.45) is 5.92 Å². The SMILES string of the molecule is COc1ccc2c(c1)oc1c(O[C@@H]3C[C@H]4C(=O)N[C@]5(C(=O)NS(=O)(=O)C6(C)CC6)C[C@H]5C=CCCCCC[C@H](NC(=O)OC5CCCC5)C(=O)N4C3)nc(-c3ccc(C(C)(C)C)cc3)nc12. The third-order valence-electron chi connectivity index (χ3n) is 14.1. The number of ether oxygens (including phenoxy) is 3. The highest BCUT2D eigenvalue weighted by molar-refractivity contribution is 7.91. The van der Waals surface area contributed by atoms with Gasteiger partial charge in [0.2, 0.25) is 27.4 Å². The Labute approximate surface area is 385 Å². The van der Waals surface area contributed by atoms with Gasteiger partial charge >= 0.3 is 6.09 Å². The fourth-order valence-corrected chi connectivity index (χ4v) is 10.8. The van der Waals surface area contributed by atoms with Crippen LogP contribution < -0.4 is 24.8 Å². The van der Waals surface area contributed by atoms with Crippen LogP contribution in [0, 0.1) is 5.92 Å². The molecule has 2 aromatic heterocycles. The number of hydrogen-bond acceptors (Lipinski definition) is 12. The summed E-state index contributed by atoms with van der Waals surface area (Å²) in [4.78, 5) is 68.4. The Morgan fingerprint density at radius 3 is 2.41 bits per heavy atom. The number of hydrogen-bond donors (Lipinski definition) is 3. The van der Waals surface area contributed by atoms with E-state index >= 15 is 0 Å². The number of aromatic nitrogens is 2. The molecule has 3 aliphatic carbocycles. The van der Waals surface area contributed by atoms with Crippen molar-refractivity contribution >= 4 is 55.9 Å². The number of sulfonamides is 1. The lowest BCUT2D eigenvalue weighted by Crippen LogP contribution is -2.58. The first-order valence-corrected chi connectivity index (χ1v) is 24.8. The quantitative estimate of drug-likeness (QED) is 0.143. The van der Waals surface area contributed by atoms with Crippen LogP contribution in [0.2, 0.25) is 0 Å². The highest BCUT2D eigenvalue weighted by Gasteiger charge is 2.63. The van der Waals surface area contributed by atoms with Gasteiger partial charge < -0.3 is 34.2 Å². The second-order valence-corrected chi connectivity index (χ2v) is 22.2. The standard InChI is InChI=1S/C49H60N6O10S/c1-47(2,3)30-19-17-29(18-20-30)41-51-39-35-22-21-33(62-5)26-38(35)65-40(39)43(52-41)63-34-25-37-42(56)53-49(45(58)54-66(60,61)48(4)23-24-48)27-31(49)13-9-7-6-8-10-16-36(44(57)55(37)28-34)50-46(59)64-32-14-11-12-15-32/h9,13,17-22,26,31-32,34,36-37H,6-8,10-12,14-16,23-25,27-28H2,1-5H3,(H,50,59)(H,53,56)(H,54,58)/t31-,34-,36+,37+,49-/m1/s1. The minimum Gasteiger partial charge on any atom is -0.497 e. The molecule has 5 aliphatic rings. The Morgan fingerprint density at radius 2 is 1.70 bits per heavy atom. The smallest absolute Gasteiger partial charge is 0.408 e. The Balaban J connectivity index is 1.07. The molecule has 4 heterocycles. The van der Waals surface area contributed by atoms with Gasteiger partial charge in [-0.3, -0.25) is 19.1 Å². The summed E-state index contributed by atoms with van der Waals surface area (Å²) in [5.74, 6) is -1.38. The van der Waals surface area contributed by atoms with Gasteiger partial charge in [-0.05, 0) is 94.2 Å². The van der Waals surface area contributed by atoms with E-state index in [1.165, 1.54) is 4.90 Å². The summed E-state index contributed by atoms with van der Waals surface area (Å²) < 4.78 is 52.2. The molecule has 3 N–H and O–H groups in total. The van der Waals surface area contributed by atoms with Crippen molar-refractivity contribution in [2.75, 3.05) is 13.7 Å². The number of nitrogens with one attached hydrogen (secondary N) is 3. The van der Waals surface area contributed by atoms with Crippen molar-refractivity contribution in [3.63, 3.8) is 0 Å². The molecule has 17 heteroatoms. The van der Waals surface area contributed by atoms with Crippen LogP contribution in [0.1, 0.15) is 117 Å². The Hall–Kier alpha value is -5.71. The number of furan rings is 1. The predicted octanol–water partition coefficient (Wildman–Crippen LogP) is 7.13. The zero-order valence-electron chi connectivity index (χ0n) is 38.3. The molecule has 4 aromatic rings. The van der Waals surface area contributed by atoms with E-state index in [9.17, 15) is 27.6 Å². The molecule has 2 aliphatic heterocycles. The Morgan fingerprint density at radius 1 is 0.955 bits per heavy atom. The number of carbonyl (C=O) groups excluding carboxylic acids is 4. The molecule has 5 atom stereocenters. The summed E-state index contributed by atoms with van der Waals surface area (Å²) >= 11 is 0. The number of alkyl carbamates (subject to hydrolysis) is 1. The van der Waals surface area contributed by atoms with Gasteiger partial charge in [-0.15, -0.1) is 0 Å². The highest BCUT2D eigenvalue weighted by atomic mass is 32.2. The molecule has 352 valence electrons. The second kappa shape index (κ2) is 17.5. The van der Waals surface area contributed by atoms with Gasteiger partial charge in [0.25, 0.3) is 11.8 Å². The van der Waals surface area contributed by atoms with Crippen LogP contribution in [-0.2, 0) is 34.6 Å². The van der Waals surface area contributed by atoms with Crippen LogP contribution in [-0.4, -0.2) is 95.3 Å². The minimum atomic E-state index is -4.03. The number of benzene rings is 2. The molecular weight excluding hydrogens is 865 g/mol. The van der Waals surface area contributed by atoms with Gasteiger partial charge in [-0.25, -0.2) is 18.2 Å². The molecule has 1 saturated heterocycles. The lowest BCUT2D eigenvalue weighted by atomic mass is 9.87. The first-order valence-electron chi connectivity index (χ1n) is 23.4. The van der Waals surface area contributed by atoms with Gasteiger partial charge in [0.05, 0.1) is 18.4 Å². The fourth-order valence-electron chi connectivity index (χ4n) is 9.49. The van der Waals surface area contributed by atoms with E-state index in [1.807, 2.05) is 48.6 Å². The van der Waals surface area contributed by atoms with Gasteiger partial charge in [0.15, 0.2) is 5.82 Å². The number of amides is 4. The van der Waals surface area contributed by atoms with Crippen molar-refractivity contribution in [1.29, 1.82) is 0 Å². The molecule has 0 unspecified atom stereocenters. The summed E-state index contributed by atoms with van der Waals surface area (Å²) in [6.45, 7) is 7.92. The third-order valence-corrected chi connectivity index (χ3v) is 16.3. The van der Waals surface area contributed by atoms with E-state index in [0.717, 1.165) is 49.7 Å². The van der Waals surface area contributed by atoms with Crippen molar-refractivity contribution in [1.82, 2.24) is 30.2 Å². The lowest BCUT2D eigenvalue weighted by molar-refractivity contribution is -0.141. The number of carbonyl (C=O) groups is 4. The second-order valence-electron chi connectivity index (χ2n) is 20.0. The van der Waals surface area contributed by atoms with Crippen LogP contribution in [0.5, 0.6) is 11.6 Å².